The fourth-order valence-electron chi connectivity index (χ4n) is 2.77. The number of aliphatic hydroxyl groups is 1. The topological polar surface area (TPSA) is 117 Å². The molecular weight excluding hydrogens is 312 g/mol. The van der Waals surface area contributed by atoms with E-state index in [1.807, 2.05) is 4.90 Å². The molecule has 0 spiro atoms. The number of hydrogen-bond acceptors (Lipinski definition) is 8. The van der Waals surface area contributed by atoms with E-state index >= 15 is 0 Å². The molecule has 9 nitrogen and oxygen atoms in total. The van der Waals surface area contributed by atoms with Crippen LogP contribution in [0.4, 0.5) is 5.95 Å². The first-order chi connectivity index (χ1) is 11.6. The van der Waals surface area contributed by atoms with Gasteiger partial charge in [0.1, 0.15) is 11.4 Å². The molecule has 0 bridgehead atoms. The van der Waals surface area contributed by atoms with Gasteiger partial charge in [0.05, 0.1) is 18.6 Å². The minimum Gasteiger partial charge on any atom is -0.386 e. The molecule has 0 saturated carbocycles. The van der Waals surface area contributed by atoms with E-state index < -0.39 is 5.60 Å². The zero-order valence-electron chi connectivity index (χ0n) is 13.5. The molecule has 0 aliphatic carbocycles. The summed E-state index contributed by atoms with van der Waals surface area (Å²) in [7, 11) is 0. The van der Waals surface area contributed by atoms with Crippen LogP contribution in [0.25, 0.3) is 0 Å². The predicted octanol–water partition coefficient (Wildman–Crippen LogP) is -0.142. The summed E-state index contributed by atoms with van der Waals surface area (Å²) in [5.74, 6) is 0.363. The van der Waals surface area contributed by atoms with Gasteiger partial charge in [-0.15, -0.1) is 0 Å². The molecule has 24 heavy (non-hydrogen) atoms. The molecule has 2 aromatic heterocycles. The molecular formula is C15H20N6O3. The van der Waals surface area contributed by atoms with Crippen LogP contribution in [0.1, 0.15) is 24.2 Å². The van der Waals surface area contributed by atoms with Crippen LogP contribution >= 0.6 is 0 Å². The number of hydrogen-bond donors (Lipinski definition) is 2. The lowest BCUT2D eigenvalue weighted by atomic mass is 9.93. The SMILES string of the molecule is Cc1nonc1CC(=O)NCC1(O)CCCN(c2ncccn2)C1. The molecule has 2 N–H and O–H groups in total. The molecule has 1 saturated heterocycles. The fourth-order valence-corrected chi connectivity index (χ4v) is 2.77. The summed E-state index contributed by atoms with van der Waals surface area (Å²) in [5.41, 5.74) is 0.0842. The van der Waals surface area contributed by atoms with Gasteiger partial charge in [0, 0.05) is 25.5 Å². The first-order valence-corrected chi connectivity index (χ1v) is 7.85. The normalized spacial score (nSPS) is 20.8. The van der Waals surface area contributed by atoms with Crippen molar-refractivity contribution in [3.05, 3.63) is 29.8 Å². The number of carbonyl (C=O) groups excluding carboxylic acids is 1. The number of rotatable bonds is 5. The van der Waals surface area contributed by atoms with Gasteiger partial charge in [0.2, 0.25) is 11.9 Å². The number of piperidine rings is 1. The zero-order valence-corrected chi connectivity index (χ0v) is 13.5. The molecule has 3 heterocycles. The standard InChI is InChI=1S/C15H20N6O3/c1-11-12(20-24-19-11)8-13(22)18-9-15(23)4-2-7-21(10-15)14-16-5-3-6-17-14/h3,5-6,23H,2,4,7-10H2,1H3,(H,18,22). The molecule has 3 rings (SSSR count). The number of aryl methyl sites for hydroxylation is 1. The van der Waals surface area contributed by atoms with E-state index in [-0.39, 0.29) is 18.9 Å². The van der Waals surface area contributed by atoms with Crippen molar-refractivity contribution in [3.63, 3.8) is 0 Å². The number of anilines is 1. The third-order valence-corrected chi connectivity index (χ3v) is 4.08. The van der Waals surface area contributed by atoms with Gasteiger partial charge in [-0.25, -0.2) is 14.6 Å². The number of amides is 1. The molecule has 1 aliphatic rings. The van der Waals surface area contributed by atoms with Gasteiger partial charge in [-0.3, -0.25) is 4.79 Å². The van der Waals surface area contributed by atoms with Crippen LogP contribution in [0.15, 0.2) is 23.1 Å². The lowest BCUT2D eigenvalue weighted by Crippen LogP contribution is -2.55. The second-order valence-electron chi connectivity index (χ2n) is 6.05. The molecule has 1 amide bonds. The number of β-amino-alcohol motifs (C(OH)–C–C–N with tert-alkyl or cyclic N) is 1. The number of aromatic nitrogens is 4. The van der Waals surface area contributed by atoms with Gasteiger partial charge in [-0.2, -0.15) is 0 Å². The van der Waals surface area contributed by atoms with Gasteiger partial charge in [0.15, 0.2) is 0 Å². The van der Waals surface area contributed by atoms with Crippen LogP contribution < -0.4 is 10.2 Å². The van der Waals surface area contributed by atoms with Crippen LogP contribution in [0, 0.1) is 6.92 Å². The predicted molar refractivity (Wildman–Crippen MR) is 84.2 cm³/mol. The molecule has 1 atom stereocenters. The first-order valence-electron chi connectivity index (χ1n) is 7.85. The van der Waals surface area contributed by atoms with Crippen molar-refractivity contribution in [2.24, 2.45) is 0 Å². The van der Waals surface area contributed by atoms with Crippen LogP contribution in [-0.2, 0) is 11.2 Å². The zero-order chi connectivity index (χ0) is 17.0. The largest absolute Gasteiger partial charge is 0.386 e. The van der Waals surface area contributed by atoms with Crippen LogP contribution in [0.2, 0.25) is 0 Å². The van der Waals surface area contributed by atoms with E-state index in [4.69, 9.17) is 0 Å². The molecule has 2 aromatic rings. The van der Waals surface area contributed by atoms with Crippen molar-refractivity contribution >= 4 is 11.9 Å². The lowest BCUT2D eigenvalue weighted by Gasteiger charge is -2.39. The maximum atomic E-state index is 12.0. The third-order valence-electron chi connectivity index (χ3n) is 4.08. The summed E-state index contributed by atoms with van der Waals surface area (Å²) >= 11 is 0. The number of nitrogens with one attached hydrogen (secondary N) is 1. The Labute approximate surface area is 139 Å². The fraction of sp³-hybridized carbons (Fsp3) is 0.533. The summed E-state index contributed by atoms with van der Waals surface area (Å²) in [6.45, 7) is 3.05. The maximum absolute atomic E-state index is 12.0. The molecule has 1 aliphatic heterocycles. The Morgan fingerprint density at radius 2 is 2.21 bits per heavy atom. The highest BCUT2D eigenvalue weighted by Gasteiger charge is 2.34. The quantitative estimate of drug-likeness (QED) is 0.777. The minimum absolute atomic E-state index is 0.0803. The Bertz CT molecular complexity index is 692. The van der Waals surface area contributed by atoms with Crippen molar-refractivity contribution in [2.45, 2.75) is 31.8 Å². The smallest absolute Gasteiger partial charge is 0.226 e. The Morgan fingerprint density at radius 3 is 2.92 bits per heavy atom. The van der Waals surface area contributed by atoms with Gasteiger partial charge < -0.3 is 15.3 Å². The van der Waals surface area contributed by atoms with E-state index in [2.05, 4.69) is 30.2 Å². The second-order valence-corrected chi connectivity index (χ2v) is 6.05. The van der Waals surface area contributed by atoms with Gasteiger partial charge in [-0.05, 0) is 25.8 Å². The van der Waals surface area contributed by atoms with E-state index in [0.29, 0.717) is 30.3 Å². The highest BCUT2D eigenvalue weighted by atomic mass is 16.6. The van der Waals surface area contributed by atoms with Crippen LogP contribution in [0.3, 0.4) is 0 Å². The lowest BCUT2D eigenvalue weighted by molar-refractivity contribution is -0.121. The summed E-state index contributed by atoms with van der Waals surface area (Å²) in [5, 5.41) is 20.9. The summed E-state index contributed by atoms with van der Waals surface area (Å²) in [6, 6.07) is 1.75. The van der Waals surface area contributed by atoms with Crippen molar-refractivity contribution in [1.82, 2.24) is 25.6 Å². The highest BCUT2D eigenvalue weighted by Crippen LogP contribution is 2.23. The van der Waals surface area contributed by atoms with Crippen LogP contribution in [-0.4, -0.2) is 56.5 Å². The highest BCUT2D eigenvalue weighted by molar-refractivity contribution is 5.78. The van der Waals surface area contributed by atoms with Gasteiger partial charge in [-0.1, -0.05) is 10.3 Å². The Hall–Kier alpha value is -2.55. The molecule has 0 radical (unpaired) electrons. The van der Waals surface area contributed by atoms with E-state index in [9.17, 15) is 9.90 Å². The molecule has 1 fully saturated rings. The van der Waals surface area contributed by atoms with E-state index in [1.54, 1.807) is 25.4 Å². The summed E-state index contributed by atoms with van der Waals surface area (Å²) in [6.07, 6.45) is 4.84. The summed E-state index contributed by atoms with van der Waals surface area (Å²) in [4.78, 5) is 22.4. The van der Waals surface area contributed by atoms with Crippen molar-refractivity contribution in [3.8, 4) is 0 Å². The third kappa shape index (κ3) is 3.85. The maximum Gasteiger partial charge on any atom is 0.226 e. The van der Waals surface area contributed by atoms with Crippen LogP contribution in [0.5, 0.6) is 0 Å². The average Bonchev–Trinajstić information content (AvgIpc) is 2.99. The van der Waals surface area contributed by atoms with E-state index in [0.717, 1.165) is 13.0 Å². The number of carbonyl (C=O) groups is 1. The van der Waals surface area contributed by atoms with Crippen molar-refractivity contribution in [1.29, 1.82) is 0 Å². The molecule has 0 aromatic carbocycles. The average molecular weight is 332 g/mol. The molecule has 9 heteroatoms. The second kappa shape index (κ2) is 6.91. The summed E-state index contributed by atoms with van der Waals surface area (Å²) < 4.78 is 4.57. The minimum atomic E-state index is -1.01. The van der Waals surface area contributed by atoms with E-state index in [1.165, 1.54) is 0 Å². The van der Waals surface area contributed by atoms with Crippen molar-refractivity contribution in [2.75, 3.05) is 24.5 Å². The molecule has 1 unspecified atom stereocenters. The molecule has 128 valence electrons. The van der Waals surface area contributed by atoms with Crippen molar-refractivity contribution < 1.29 is 14.5 Å². The monoisotopic (exact) mass is 332 g/mol. The first kappa shape index (κ1) is 16.3. The Balaban J connectivity index is 1.55. The number of nitrogens with zero attached hydrogens (tertiary/aromatic N) is 5. The Kier molecular flexibility index (Phi) is 4.70. The van der Waals surface area contributed by atoms with Gasteiger partial charge in [0.25, 0.3) is 0 Å². The van der Waals surface area contributed by atoms with Gasteiger partial charge >= 0.3 is 0 Å². The Morgan fingerprint density at radius 1 is 1.42 bits per heavy atom.